The van der Waals surface area contributed by atoms with Crippen molar-refractivity contribution >= 4 is 23.6 Å². The Morgan fingerprint density at radius 3 is 2.30 bits per heavy atom. The largest absolute Gasteiger partial charge is 0.444 e. The predicted molar refractivity (Wildman–Crippen MR) is 78.9 cm³/mol. The fourth-order valence-corrected chi connectivity index (χ4v) is 2.42. The number of carbonyl (C=O) groups excluding carboxylic acids is 2. The van der Waals surface area contributed by atoms with E-state index >= 15 is 0 Å². The minimum atomic E-state index is -0.457. The van der Waals surface area contributed by atoms with Gasteiger partial charge in [0, 0.05) is 26.7 Å². The number of halogens is 1. The second kappa shape index (κ2) is 7.16. The number of nitrogens with zero attached hydrogens (tertiary/aromatic N) is 2. The first-order chi connectivity index (χ1) is 9.23. The average molecular weight is 305 g/mol. The number of amides is 2. The zero-order valence-corrected chi connectivity index (χ0v) is 13.6. The van der Waals surface area contributed by atoms with Gasteiger partial charge < -0.3 is 14.5 Å². The van der Waals surface area contributed by atoms with Crippen molar-refractivity contribution in [2.45, 2.75) is 39.2 Å². The Bertz CT molecular complexity index is 347. The first-order valence-corrected chi connectivity index (χ1v) is 7.54. The molecule has 116 valence electrons. The first kappa shape index (κ1) is 17.1. The van der Waals surface area contributed by atoms with Gasteiger partial charge in [-0.25, -0.2) is 4.79 Å². The Morgan fingerprint density at radius 1 is 1.30 bits per heavy atom. The van der Waals surface area contributed by atoms with Gasteiger partial charge in [-0.1, -0.05) is 0 Å². The number of hydrogen-bond acceptors (Lipinski definition) is 3. The van der Waals surface area contributed by atoms with Crippen LogP contribution < -0.4 is 0 Å². The molecule has 0 aromatic heterocycles. The van der Waals surface area contributed by atoms with Crippen LogP contribution in [0.25, 0.3) is 0 Å². The molecule has 0 unspecified atom stereocenters. The SMILES string of the molecule is CN(CC1CCN(C(=O)OC(C)(C)C)CC1)C(=O)CCl. The lowest BCUT2D eigenvalue weighted by Crippen LogP contribution is -2.44. The highest BCUT2D eigenvalue weighted by Crippen LogP contribution is 2.20. The summed E-state index contributed by atoms with van der Waals surface area (Å²) in [5.41, 5.74) is -0.457. The summed E-state index contributed by atoms with van der Waals surface area (Å²) >= 11 is 5.53. The third-order valence-corrected chi connectivity index (χ3v) is 3.57. The van der Waals surface area contributed by atoms with Crippen LogP contribution in [0, 0.1) is 5.92 Å². The average Bonchev–Trinajstić information content (AvgIpc) is 2.36. The molecule has 1 aliphatic heterocycles. The van der Waals surface area contributed by atoms with Crippen LogP contribution >= 0.6 is 11.6 Å². The Balaban J connectivity index is 2.36. The van der Waals surface area contributed by atoms with Crippen molar-refractivity contribution in [2.24, 2.45) is 5.92 Å². The summed E-state index contributed by atoms with van der Waals surface area (Å²) in [5, 5.41) is 0. The summed E-state index contributed by atoms with van der Waals surface area (Å²) in [5.74, 6) is 0.389. The molecule has 2 amide bonds. The molecule has 1 aliphatic rings. The van der Waals surface area contributed by atoms with Crippen molar-refractivity contribution in [3.63, 3.8) is 0 Å². The third kappa shape index (κ3) is 5.57. The fourth-order valence-electron chi connectivity index (χ4n) is 2.22. The quantitative estimate of drug-likeness (QED) is 0.752. The summed E-state index contributed by atoms with van der Waals surface area (Å²) in [4.78, 5) is 26.8. The minimum Gasteiger partial charge on any atom is -0.444 e. The zero-order chi connectivity index (χ0) is 15.3. The maximum atomic E-state index is 11.9. The number of alkyl halides is 1. The number of likely N-dealkylation sites (tertiary alicyclic amines) is 1. The van der Waals surface area contributed by atoms with E-state index in [0.29, 0.717) is 25.6 Å². The van der Waals surface area contributed by atoms with E-state index in [1.807, 2.05) is 20.8 Å². The normalized spacial score (nSPS) is 16.9. The lowest BCUT2D eigenvalue weighted by Gasteiger charge is -2.34. The van der Waals surface area contributed by atoms with Crippen LogP contribution in [0.2, 0.25) is 0 Å². The van der Waals surface area contributed by atoms with Crippen LogP contribution in [0.15, 0.2) is 0 Å². The standard InChI is InChI=1S/C14H25ClN2O3/c1-14(2,3)20-13(19)17-7-5-11(6-8-17)10-16(4)12(18)9-15/h11H,5-10H2,1-4H3. The highest BCUT2D eigenvalue weighted by Gasteiger charge is 2.27. The first-order valence-electron chi connectivity index (χ1n) is 7.01. The van der Waals surface area contributed by atoms with Gasteiger partial charge in [-0.3, -0.25) is 4.79 Å². The predicted octanol–water partition coefficient (Wildman–Crippen LogP) is 2.33. The Labute approximate surface area is 126 Å². The highest BCUT2D eigenvalue weighted by atomic mass is 35.5. The van der Waals surface area contributed by atoms with Crippen molar-refractivity contribution in [3.8, 4) is 0 Å². The van der Waals surface area contributed by atoms with Crippen LogP contribution in [0.5, 0.6) is 0 Å². The van der Waals surface area contributed by atoms with E-state index in [9.17, 15) is 9.59 Å². The van der Waals surface area contributed by atoms with Crippen LogP contribution in [0.3, 0.4) is 0 Å². The second-order valence-electron chi connectivity index (χ2n) is 6.32. The van der Waals surface area contributed by atoms with E-state index in [2.05, 4.69) is 0 Å². The van der Waals surface area contributed by atoms with Gasteiger partial charge in [-0.15, -0.1) is 11.6 Å². The van der Waals surface area contributed by atoms with Crippen molar-refractivity contribution in [1.29, 1.82) is 0 Å². The summed E-state index contributed by atoms with van der Waals surface area (Å²) in [6.45, 7) is 7.66. The molecule has 1 heterocycles. The van der Waals surface area contributed by atoms with Crippen LogP contribution in [-0.2, 0) is 9.53 Å². The van der Waals surface area contributed by atoms with Crippen molar-refractivity contribution in [1.82, 2.24) is 9.80 Å². The molecule has 0 bridgehead atoms. The van der Waals surface area contributed by atoms with E-state index < -0.39 is 5.60 Å². The Morgan fingerprint density at radius 2 is 1.85 bits per heavy atom. The van der Waals surface area contributed by atoms with E-state index in [1.54, 1.807) is 16.8 Å². The highest BCUT2D eigenvalue weighted by molar-refractivity contribution is 6.27. The zero-order valence-electron chi connectivity index (χ0n) is 12.8. The Hall–Kier alpha value is -0.970. The molecule has 0 aromatic rings. The molecule has 0 N–H and O–H groups in total. The second-order valence-corrected chi connectivity index (χ2v) is 6.59. The number of hydrogen-bond donors (Lipinski definition) is 0. The lowest BCUT2D eigenvalue weighted by molar-refractivity contribution is -0.128. The van der Waals surface area contributed by atoms with Gasteiger partial charge in [0.25, 0.3) is 0 Å². The smallest absolute Gasteiger partial charge is 0.410 e. The summed E-state index contributed by atoms with van der Waals surface area (Å²) in [7, 11) is 1.77. The maximum Gasteiger partial charge on any atom is 0.410 e. The number of rotatable bonds is 3. The number of ether oxygens (including phenoxy) is 1. The molecule has 6 heteroatoms. The molecular weight excluding hydrogens is 280 g/mol. The molecule has 20 heavy (non-hydrogen) atoms. The van der Waals surface area contributed by atoms with E-state index in [0.717, 1.165) is 12.8 Å². The minimum absolute atomic E-state index is 0.0211. The van der Waals surface area contributed by atoms with Gasteiger partial charge in [0.2, 0.25) is 5.91 Å². The van der Waals surface area contributed by atoms with Gasteiger partial charge in [0.05, 0.1) is 0 Å². The number of carbonyl (C=O) groups is 2. The summed E-state index contributed by atoms with van der Waals surface area (Å²) in [6.07, 6.45) is 1.53. The molecule has 1 rings (SSSR count). The third-order valence-electron chi connectivity index (χ3n) is 3.34. The van der Waals surface area contributed by atoms with Gasteiger partial charge in [0.1, 0.15) is 11.5 Å². The molecule has 0 aromatic carbocycles. The molecule has 0 saturated carbocycles. The number of piperidine rings is 1. The van der Waals surface area contributed by atoms with Crippen molar-refractivity contribution in [2.75, 3.05) is 32.6 Å². The molecule has 0 atom stereocenters. The monoisotopic (exact) mass is 304 g/mol. The molecule has 5 nitrogen and oxygen atoms in total. The topological polar surface area (TPSA) is 49.9 Å². The van der Waals surface area contributed by atoms with E-state index in [-0.39, 0.29) is 17.9 Å². The Kier molecular flexibility index (Phi) is 6.11. The van der Waals surface area contributed by atoms with Crippen molar-refractivity contribution in [3.05, 3.63) is 0 Å². The van der Waals surface area contributed by atoms with Crippen molar-refractivity contribution < 1.29 is 14.3 Å². The van der Waals surface area contributed by atoms with E-state index in [1.165, 1.54) is 0 Å². The molecule has 0 spiro atoms. The molecule has 1 saturated heterocycles. The molecule has 0 radical (unpaired) electrons. The molecule has 0 aliphatic carbocycles. The van der Waals surface area contributed by atoms with Gasteiger partial charge >= 0.3 is 6.09 Å². The van der Waals surface area contributed by atoms with Gasteiger partial charge in [0.15, 0.2) is 0 Å². The van der Waals surface area contributed by atoms with Crippen LogP contribution in [0.1, 0.15) is 33.6 Å². The molecule has 1 fully saturated rings. The van der Waals surface area contributed by atoms with Gasteiger partial charge in [-0.2, -0.15) is 0 Å². The summed E-state index contributed by atoms with van der Waals surface area (Å²) < 4.78 is 5.35. The van der Waals surface area contributed by atoms with Crippen LogP contribution in [0.4, 0.5) is 4.79 Å². The van der Waals surface area contributed by atoms with Crippen LogP contribution in [-0.4, -0.2) is 60.0 Å². The maximum absolute atomic E-state index is 11.9. The lowest BCUT2D eigenvalue weighted by atomic mass is 9.96. The fraction of sp³-hybridized carbons (Fsp3) is 0.857. The molecular formula is C14H25ClN2O3. The van der Waals surface area contributed by atoms with E-state index in [4.69, 9.17) is 16.3 Å². The summed E-state index contributed by atoms with van der Waals surface area (Å²) in [6, 6.07) is 0. The van der Waals surface area contributed by atoms with Gasteiger partial charge in [-0.05, 0) is 39.5 Å².